The van der Waals surface area contributed by atoms with Crippen molar-refractivity contribution in [2.24, 2.45) is 0 Å². The Morgan fingerprint density at radius 2 is 2.57 bits per heavy atom. The fourth-order valence-corrected chi connectivity index (χ4v) is 2.64. The van der Waals surface area contributed by atoms with Gasteiger partial charge < -0.3 is 10.1 Å². The number of carbonyl (C=O) groups excluding carboxylic acids is 1. The molecule has 1 unspecified atom stereocenters. The Kier molecular flexibility index (Phi) is 3.48. The smallest absolute Gasteiger partial charge is 0.179 e. The van der Waals surface area contributed by atoms with Crippen LogP contribution in [0.2, 0.25) is 0 Å². The van der Waals surface area contributed by atoms with Gasteiger partial charge in [0.05, 0.1) is 18.9 Å². The van der Waals surface area contributed by atoms with Crippen LogP contribution in [0.4, 0.5) is 0 Å². The number of hydrogen-bond acceptors (Lipinski definition) is 4. The second kappa shape index (κ2) is 4.84. The summed E-state index contributed by atoms with van der Waals surface area (Å²) >= 11 is 1.84. The van der Waals surface area contributed by atoms with E-state index in [-0.39, 0.29) is 11.8 Å². The summed E-state index contributed by atoms with van der Waals surface area (Å²) in [5, 5.41) is 3.25. The number of thioether (sulfide) groups is 1. The van der Waals surface area contributed by atoms with Crippen LogP contribution < -0.4 is 5.32 Å². The van der Waals surface area contributed by atoms with Gasteiger partial charge in [-0.2, -0.15) is 11.8 Å². The van der Waals surface area contributed by atoms with Gasteiger partial charge >= 0.3 is 0 Å². The van der Waals surface area contributed by atoms with Crippen molar-refractivity contribution in [3.63, 3.8) is 0 Å². The third-order valence-electron chi connectivity index (χ3n) is 2.49. The number of rotatable bonds is 2. The van der Waals surface area contributed by atoms with Gasteiger partial charge in [-0.3, -0.25) is 4.79 Å². The van der Waals surface area contributed by atoms with E-state index in [9.17, 15) is 4.79 Å². The van der Waals surface area contributed by atoms with Crippen molar-refractivity contribution in [3.05, 3.63) is 11.8 Å². The average molecular weight is 213 g/mol. The van der Waals surface area contributed by atoms with Gasteiger partial charge in [0.1, 0.15) is 0 Å². The first kappa shape index (κ1) is 10.1. The van der Waals surface area contributed by atoms with Crippen LogP contribution in [0.15, 0.2) is 11.8 Å². The van der Waals surface area contributed by atoms with Crippen LogP contribution >= 0.6 is 11.8 Å². The first-order valence-electron chi connectivity index (χ1n) is 5.04. The standard InChI is InChI=1S/C10H15NO2S/c12-10(8-2-1-4-13-6-8)9-7-14-5-3-11-9/h6,9,11H,1-5,7H2. The highest BCUT2D eigenvalue weighted by atomic mass is 32.2. The number of hydrogen-bond donors (Lipinski definition) is 1. The minimum absolute atomic E-state index is 0.0155. The van der Waals surface area contributed by atoms with E-state index < -0.39 is 0 Å². The summed E-state index contributed by atoms with van der Waals surface area (Å²) in [4.78, 5) is 11.9. The lowest BCUT2D eigenvalue weighted by Crippen LogP contribution is -2.44. The number of nitrogens with one attached hydrogen (secondary N) is 1. The van der Waals surface area contributed by atoms with Gasteiger partial charge in [-0.15, -0.1) is 0 Å². The molecule has 0 aromatic carbocycles. The topological polar surface area (TPSA) is 38.3 Å². The Labute approximate surface area is 88.3 Å². The van der Waals surface area contributed by atoms with Gasteiger partial charge in [0.2, 0.25) is 0 Å². The Bertz CT molecular complexity index is 247. The number of ketones is 1. The Morgan fingerprint density at radius 3 is 3.21 bits per heavy atom. The van der Waals surface area contributed by atoms with Crippen LogP contribution in [-0.2, 0) is 9.53 Å². The summed E-state index contributed by atoms with van der Waals surface area (Å²) in [5.41, 5.74) is 0.858. The summed E-state index contributed by atoms with van der Waals surface area (Å²) < 4.78 is 5.18. The van der Waals surface area contributed by atoms with Crippen molar-refractivity contribution in [1.82, 2.24) is 5.32 Å². The molecule has 2 heterocycles. The predicted octanol–water partition coefficient (Wildman–Crippen LogP) is 0.955. The lowest BCUT2D eigenvalue weighted by molar-refractivity contribution is -0.117. The van der Waals surface area contributed by atoms with Crippen LogP contribution in [0.3, 0.4) is 0 Å². The normalized spacial score (nSPS) is 27.7. The zero-order valence-corrected chi connectivity index (χ0v) is 8.94. The van der Waals surface area contributed by atoms with E-state index in [1.165, 1.54) is 0 Å². The first-order chi connectivity index (χ1) is 6.88. The Balaban J connectivity index is 1.95. The van der Waals surface area contributed by atoms with Gasteiger partial charge in [0, 0.05) is 23.6 Å². The molecule has 3 nitrogen and oxygen atoms in total. The number of carbonyl (C=O) groups is 1. The molecule has 1 N–H and O–H groups in total. The zero-order valence-electron chi connectivity index (χ0n) is 8.12. The van der Waals surface area contributed by atoms with Gasteiger partial charge in [-0.05, 0) is 12.8 Å². The van der Waals surface area contributed by atoms with E-state index in [2.05, 4.69) is 5.32 Å². The van der Waals surface area contributed by atoms with Crippen molar-refractivity contribution < 1.29 is 9.53 Å². The SMILES string of the molecule is O=C(C1=COCCC1)C1CSCCN1. The molecule has 1 saturated heterocycles. The quantitative estimate of drug-likeness (QED) is 0.741. The molecule has 2 aliphatic heterocycles. The first-order valence-corrected chi connectivity index (χ1v) is 6.19. The molecule has 14 heavy (non-hydrogen) atoms. The molecule has 1 atom stereocenters. The van der Waals surface area contributed by atoms with Crippen LogP contribution in [0.25, 0.3) is 0 Å². The van der Waals surface area contributed by atoms with E-state index in [0.29, 0.717) is 0 Å². The van der Waals surface area contributed by atoms with E-state index in [0.717, 1.165) is 43.1 Å². The molecule has 78 valence electrons. The number of Topliss-reactive ketones (excluding diaryl/α,β-unsaturated/α-hetero) is 1. The fraction of sp³-hybridized carbons (Fsp3) is 0.700. The second-order valence-electron chi connectivity index (χ2n) is 3.56. The van der Waals surface area contributed by atoms with Crippen molar-refractivity contribution in [3.8, 4) is 0 Å². The Hall–Kier alpha value is -0.480. The largest absolute Gasteiger partial charge is 0.501 e. The molecule has 4 heteroatoms. The number of ether oxygens (including phenoxy) is 1. The maximum Gasteiger partial charge on any atom is 0.179 e. The van der Waals surface area contributed by atoms with Gasteiger partial charge in [-0.1, -0.05) is 0 Å². The molecule has 1 fully saturated rings. The predicted molar refractivity (Wildman–Crippen MR) is 57.4 cm³/mol. The molecular formula is C10H15NO2S. The molecule has 0 saturated carbocycles. The monoisotopic (exact) mass is 213 g/mol. The van der Waals surface area contributed by atoms with Crippen LogP contribution in [0.1, 0.15) is 12.8 Å². The molecule has 0 radical (unpaired) electrons. The summed E-state index contributed by atoms with van der Waals surface area (Å²) in [5.74, 6) is 2.24. The third-order valence-corrected chi connectivity index (χ3v) is 3.55. The highest BCUT2D eigenvalue weighted by Gasteiger charge is 2.24. The fourth-order valence-electron chi connectivity index (χ4n) is 1.70. The zero-order chi connectivity index (χ0) is 9.80. The molecular weight excluding hydrogens is 198 g/mol. The van der Waals surface area contributed by atoms with Crippen molar-refractivity contribution in [1.29, 1.82) is 0 Å². The maximum absolute atomic E-state index is 11.9. The van der Waals surface area contributed by atoms with E-state index >= 15 is 0 Å². The molecule has 0 bridgehead atoms. The lowest BCUT2D eigenvalue weighted by atomic mass is 10.0. The molecule has 0 amide bonds. The molecule has 0 aromatic heterocycles. The van der Waals surface area contributed by atoms with E-state index in [1.54, 1.807) is 6.26 Å². The van der Waals surface area contributed by atoms with Crippen LogP contribution in [0, 0.1) is 0 Å². The average Bonchev–Trinajstić information content (AvgIpc) is 2.30. The summed E-state index contributed by atoms with van der Waals surface area (Å²) in [7, 11) is 0. The highest BCUT2D eigenvalue weighted by molar-refractivity contribution is 7.99. The van der Waals surface area contributed by atoms with Crippen molar-refractivity contribution in [2.75, 3.05) is 24.7 Å². The molecule has 2 rings (SSSR count). The maximum atomic E-state index is 11.9. The minimum Gasteiger partial charge on any atom is -0.501 e. The van der Waals surface area contributed by atoms with Gasteiger partial charge in [0.25, 0.3) is 0 Å². The van der Waals surface area contributed by atoms with Crippen molar-refractivity contribution in [2.45, 2.75) is 18.9 Å². The molecule has 2 aliphatic rings. The summed E-state index contributed by atoms with van der Waals surface area (Å²) in [6.45, 7) is 1.69. The lowest BCUT2D eigenvalue weighted by Gasteiger charge is -2.23. The van der Waals surface area contributed by atoms with E-state index in [4.69, 9.17) is 4.74 Å². The van der Waals surface area contributed by atoms with Gasteiger partial charge in [-0.25, -0.2) is 0 Å². The molecule has 0 aromatic rings. The third kappa shape index (κ3) is 2.30. The Morgan fingerprint density at radius 1 is 1.64 bits per heavy atom. The van der Waals surface area contributed by atoms with Crippen LogP contribution in [0.5, 0.6) is 0 Å². The summed E-state index contributed by atoms with van der Waals surface area (Å²) in [6, 6.07) is 0.0155. The minimum atomic E-state index is 0.0155. The highest BCUT2D eigenvalue weighted by Crippen LogP contribution is 2.17. The van der Waals surface area contributed by atoms with Crippen molar-refractivity contribution >= 4 is 17.5 Å². The van der Waals surface area contributed by atoms with Crippen LogP contribution in [-0.4, -0.2) is 36.5 Å². The second-order valence-corrected chi connectivity index (χ2v) is 4.71. The summed E-state index contributed by atoms with van der Waals surface area (Å²) in [6.07, 6.45) is 3.49. The van der Waals surface area contributed by atoms with Gasteiger partial charge in [0.15, 0.2) is 5.78 Å². The van der Waals surface area contributed by atoms with E-state index in [1.807, 2.05) is 11.8 Å². The molecule has 0 aliphatic carbocycles. The molecule has 0 spiro atoms.